The molecule has 1 atom stereocenters. The fourth-order valence-corrected chi connectivity index (χ4v) is 2.84. The van der Waals surface area contributed by atoms with E-state index in [1.54, 1.807) is 39.8 Å². The van der Waals surface area contributed by atoms with Crippen LogP contribution < -0.4 is 0 Å². The van der Waals surface area contributed by atoms with Crippen LogP contribution in [0.15, 0.2) is 24.3 Å². The van der Waals surface area contributed by atoms with Gasteiger partial charge in [0.25, 0.3) is 0 Å². The summed E-state index contributed by atoms with van der Waals surface area (Å²) in [5.41, 5.74) is 2.42. The largest absolute Gasteiger partial charge is 0.462 e. The third-order valence-electron chi connectivity index (χ3n) is 3.75. The summed E-state index contributed by atoms with van der Waals surface area (Å²) in [4.78, 5) is 27.4. The molecule has 0 bridgehead atoms. The van der Waals surface area contributed by atoms with Crippen molar-refractivity contribution < 1.29 is 19.1 Å². The summed E-state index contributed by atoms with van der Waals surface area (Å²) < 4.78 is 10.5. The first-order chi connectivity index (χ1) is 11.4. The molecule has 0 fully saturated rings. The number of aromatic nitrogens is 1. The van der Waals surface area contributed by atoms with Crippen LogP contribution in [0.3, 0.4) is 0 Å². The number of rotatable bonds is 5. The van der Waals surface area contributed by atoms with E-state index in [2.05, 4.69) is 4.98 Å². The van der Waals surface area contributed by atoms with Crippen molar-refractivity contribution in [3.05, 3.63) is 57.4 Å². The number of benzene rings is 1. The van der Waals surface area contributed by atoms with Crippen molar-refractivity contribution in [1.82, 2.24) is 4.98 Å². The maximum Gasteiger partial charge on any atom is 0.355 e. The molecule has 1 aromatic heterocycles. The predicted molar refractivity (Wildman–Crippen MR) is 91.5 cm³/mol. The summed E-state index contributed by atoms with van der Waals surface area (Å²) in [6.45, 7) is 7.15. The molecule has 0 aliphatic rings. The molecule has 0 spiro atoms. The third kappa shape index (κ3) is 3.62. The molecule has 0 aliphatic carbocycles. The quantitative estimate of drug-likeness (QED) is 0.813. The number of nitrogens with one attached hydrogen (secondary N) is 1. The number of aromatic amines is 1. The van der Waals surface area contributed by atoms with E-state index in [4.69, 9.17) is 21.1 Å². The number of H-pyrrole nitrogens is 1. The van der Waals surface area contributed by atoms with Crippen molar-refractivity contribution in [2.75, 3.05) is 6.61 Å². The Morgan fingerprint density at radius 3 is 2.50 bits per heavy atom. The van der Waals surface area contributed by atoms with E-state index in [1.165, 1.54) is 0 Å². The van der Waals surface area contributed by atoms with Crippen molar-refractivity contribution in [2.24, 2.45) is 0 Å². The molecule has 0 amide bonds. The SMILES string of the molecule is CCOC(=O)c1c(C)[nH]c(C(=O)O[C@H](C)c2ccccc2Cl)c1C. The van der Waals surface area contributed by atoms with E-state index < -0.39 is 18.0 Å². The van der Waals surface area contributed by atoms with Gasteiger partial charge in [0.05, 0.1) is 12.2 Å². The monoisotopic (exact) mass is 349 g/mol. The lowest BCUT2D eigenvalue weighted by molar-refractivity contribution is 0.0331. The summed E-state index contributed by atoms with van der Waals surface area (Å²) in [6.07, 6.45) is -0.514. The van der Waals surface area contributed by atoms with Crippen LogP contribution in [0.5, 0.6) is 0 Å². The average molecular weight is 350 g/mol. The molecule has 0 radical (unpaired) electrons. The normalized spacial score (nSPS) is 11.9. The first kappa shape index (κ1) is 18.1. The molecule has 1 N–H and O–H groups in total. The van der Waals surface area contributed by atoms with Gasteiger partial charge >= 0.3 is 11.9 Å². The van der Waals surface area contributed by atoms with E-state index in [-0.39, 0.29) is 12.3 Å². The summed E-state index contributed by atoms with van der Waals surface area (Å²) in [5, 5.41) is 0.532. The highest BCUT2D eigenvalue weighted by Gasteiger charge is 2.25. The molecule has 0 aliphatic heterocycles. The highest BCUT2D eigenvalue weighted by molar-refractivity contribution is 6.31. The predicted octanol–water partition coefficient (Wildman–Crippen LogP) is 4.38. The van der Waals surface area contributed by atoms with Crippen LogP contribution in [0.2, 0.25) is 5.02 Å². The van der Waals surface area contributed by atoms with Crippen LogP contribution in [0.25, 0.3) is 0 Å². The number of ether oxygens (including phenoxy) is 2. The Bertz CT molecular complexity index is 766. The number of aryl methyl sites for hydroxylation is 1. The molecule has 2 rings (SSSR count). The Labute approximate surface area is 145 Å². The Morgan fingerprint density at radius 1 is 1.21 bits per heavy atom. The summed E-state index contributed by atoms with van der Waals surface area (Å²) in [5.74, 6) is -1.000. The Kier molecular flexibility index (Phi) is 5.67. The number of carbonyl (C=O) groups excluding carboxylic acids is 2. The fourth-order valence-electron chi connectivity index (χ4n) is 2.55. The molecule has 1 heterocycles. The molecule has 2 aromatic rings. The van der Waals surface area contributed by atoms with Gasteiger partial charge < -0.3 is 14.5 Å². The number of hydrogen-bond donors (Lipinski definition) is 1. The minimum atomic E-state index is -0.543. The van der Waals surface area contributed by atoms with Crippen molar-refractivity contribution in [3.63, 3.8) is 0 Å². The maximum atomic E-state index is 12.5. The van der Waals surface area contributed by atoms with Gasteiger partial charge in [-0.1, -0.05) is 29.8 Å². The van der Waals surface area contributed by atoms with Gasteiger partial charge in [0.15, 0.2) is 0 Å². The fraction of sp³-hybridized carbons (Fsp3) is 0.333. The standard InChI is InChI=1S/C18H20ClNO4/c1-5-23-17(21)15-10(2)16(20-11(15)3)18(22)24-12(4)13-8-6-7-9-14(13)19/h6-9,12,20H,5H2,1-4H3/t12-/m1/s1. The van der Waals surface area contributed by atoms with Gasteiger partial charge in [-0.2, -0.15) is 0 Å². The first-order valence-electron chi connectivity index (χ1n) is 7.68. The maximum absolute atomic E-state index is 12.5. The van der Waals surface area contributed by atoms with Gasteiger partial charge in [-0.3, -0.25) is 0 Å². The molecule has 6 heteroatoms. The zero-order valence-electron chi connectivity index (χ0n) is 14.1. The number of carbonyl (C=O) groups is 2. The van der Waals surface area contributed by atoms with Crippen molar-refractivity contribution >= 4 is 23.5 Å². The highest BCUT2D eigenvalue weighted by Crippen LogP contribution is 2.27. The first-order valence-corrected chi connectivity index (χ1v) is 8.06. The lowest BCUT2D eigenvalue weighted by Crippen LogP contribution is -2.12. The third-order valence-corrected chi connectivity index (χ3v) is 4.09. The van der Waals surface area contributed by atoms with Crippen LogP contribution in [0.4, 0.5) is 0 Å². The van der Waals surface area contributed by atoms with Crippen LogP contribution in [-0.2, 0) is 9.47 Å². The van der Waals surface area contributed by atoms with E-state index in [0.29, 0.717) is 21.8 Å². The summed E-state index contributed by atoms with van der Waals surface area (Å²) in [7, 11) is 0. The topological polar surface area (TPSA) is 68.4 Å². The molecule has 0 saturated heterocycles. The summed E-state index contributed by atoms with van der Waals surface area (Å²) >= 11 is 6.13. The van der Waals surface area contributed by atoms with Crippen LogP contribution in [0.1, 0.15) is 57.6 Å². The van der Waals surface area contributed by atoms with Crippen LogP contribution in [-0.4, -0.2) is 23.5 Å². The smallest absolute Gasteiger partial charge is 0.355 e. The number of hydrogen-bond acceptors (Lipinski definition) is 4. The lowest BCUT2D eigenvalue weighted by atomic mass is 10.1. The number of halogens is 1. The van der Waals surface area contributed by atoms with E-state index in [9.17, 15) is 9.59 Å². The van der Waals surface area contributed by atoms with Crippen molar-refractivity contribution in [3.8, 4) is 0 Å². The molecule has 1 aromatic carbocycles. The van der Waals surface area contributed by atoms with Crippen LogP contribution >= 0.6 is 11.6 Å². The Hall–Kier alpha value is -2.27. The van der Waals surface area contributed by atoms with Gasteiger partial charge in [-0.05, 0) is 39.3 Å². The molecular weight excluding hydrogens is 330 g/mol. The molecular formula is C18H20ClNO4. The van der Waals surface area contributed by atoms with E-state index >= 15 is 0 Å². The Balaban J connectivity index is 2.23. The van der Waals surface area contributed by atoms with Gasteiger partial charge in [0.2, 0.25) is 0 Å². The number of esters is 2. The second-order valence-electron chi connectivity index (χ2n) is 5.41. The van der Waals surface area contributed by atoms with Crippen molar-refractivity contribution in [1.29, 1.82) is 0 Å². The molecule has 0 unspecified atom stereocenters. The van der Waals surface area contributed by atoms with E-state index in [1.807, 2.05) is 12.1 Å². The molecule has 0 saturated carbocycles. The van der Waals surface area contributed by atoms with Gasteiger partial charge in [-0.25, -0.2) is 9.59 Å². The minimum Gasteiger partial charge on any atom is -0.462 e. The zero-order valence-corrected chi connectivity index (χ0v) is 14.9. The molecule has 5 nitrogen and oxygen atoms in total. The summed E-state index contributed by atoms with van der Waals surface area (Å²) in [6, 6.07) is 7.18. The molecule has 128 valence electrons. The van der Waals surface area contributed by atoms with Gasteiger partial charge in [0.1, 0.15) is 11.8 Å². The zero-order chi connectivity index (χ0) is 17.9. The lowest BCUT2D eigenvalue weighted by Gasteiger charge is -2.14. The Morgan fingerprint density at radius 2 is 1.88 bits per heavy atom. The average Bonchev–Trinajstić information content (AvgIpc) is 2.82. The van der Waals surface area contributed by atoms with E-state index in [0.717, 1.165) is 5.56 Å². The van der Waals surface area contributed by atoms with Gasteiger partial charge in [0, 0.05) is 16.3 Å². The second-order valence-corrected chi connectivity index (χ2v) is 5.82. The molecule has 24 heavy (non-hydrogen) atoms. The second kappa shape index (κ2) is 7.53. The van der Waals surface area contributed by atoms with Crippen molar-refractivity contribution in [2.45, 2.75) is 33.8 Å². The highest BCUT2D eigenvalue weighted by atomic mass is 35.5. The van der Waals surface area contributed by atoms with Gasteiger partial charge in [-0.15, -0.1) is 0 Å². The minimum absolute atomic E-state index is 0.245. The van der Waals surface area contributed by atoms with Crippen LogP contribution in [0, 0.1) is 13.8 Å².